The fraction of sp³-hybridized carbons (Fsp3) is 0.355. The molecule has 2 amide bonds. The summed E-state index contributed by atoms with van der Waals surface area (Å²) in [6.45, 7) is 10.2. The molecule has 0 saturated carbocycles. The highest BCUT2D eigenvalue weighted by molar-refractivity contribution is 7.92. The minimum absolute atomic E-state index is 0.0346. The highest BCUT2D eigenvalue weighted by atomic mass is 32.2. The van der Waals surface area contributed by atoms with Crippen LogP contribution in [0.25, 0.3) is 0 Å². The van der Waals surface area contributed by atoms with Crippen LogP contribution in [0.4, 0.5) is 10.1 Å². The largest absolute Gasteiger partial charge is 0.352 e. The predicted octanol–water partition coefficient (Wildman–Crippen LogP) is 5.28. The quantitative estimate of drug-likeness (QED) is 0.342. The van der Waals surface area contributed by atoms with Crippen LogP contribution in [0, 0.1) is 26.6 Å². The molecule has 3 rings (SSSR count). The summed E-state index contributed by atoms with van der Waals surface area (Å²) in [5, 5.41) is 2.87. The van der Waals surface area contributed by atoms with Crippen LogP contribution in [-0.4, -0.2) is 43.8 Å². The van der Waals surface area contributed by atoms with E-state index in [4.69, 9.17) is 0 Å². The number of nitrogens with zero attached hydrogens (tertiary/aromatic N) is 2. The van der Waals surface area contributed by atoms with Gasteiger partial charge in [0.05, 0.1) is 10.6 Å². The molecule has 9 heteroatoms. The van der Waals surface area contributed by atoms with Crippen molar-refractivity contribution in [2.45, 2.75) is 71.5 Å². The lowest BCUT2D eigenvalue weighted by Crippen LogP contribution is -2.52. The molecule has 0 aliphatic rings. The maximum atomic E-state index is 14.7. The van der Waals surface area contributed by atoms with Gasteiger partial charge in [0.2, 0.25) is 11.8 Å². The Bertz CT molecular complexity index is 1460. The molecular weight excluding hydrogens is 529 g/mol. The summed E-state index contributed by atoms with van der Waals surface area (Å²) in [6, 6.07) is 16.5. The van der Waals surface area contributed by atoms with Gasteiger partial charge in [-0.05, 0) is 82.5 Å². The molecule has 2 atom stereocenters. The fourth-order valence-electron chi connectivity index (χ4n) is 4.11. The minimum Gasteiger partial charge on any atom is -0.352 e. The van der Waals surface area contributed by atoms with Gasteiger partial charge >= 0.3 is 0 Å². The van der Waals surface area contributed by atoms with Crippen LogP contribution in [0.1, 0.15) is 49.4 Å². The van der Waals surface area contributed by atoms with E-state index in [1.54, 1.807) is 55.5 Å². The number of anilines is 1. The van der Waals surface area contributed by atoms with Crippen LogP contribution < -0.4 is 9.62 Å². The SMILES string of the molecule is CC[C@@H](C)NC(=O)[C@H](C)N(Cc1ccccc1F)C(=O)CN(c1ccc(C)c(C)c1)S(=O)(=O)c1ccc(C)cc1. The molecule has 7 nitrogen and oxygen atoms in total. The van der Waals surface area contributed by atoms with E-state index in [0.717, 1.165) is 21.0 Å². The van der Waals surface area contributed by atoms with Gasteiger partial charge < -0.3 is 10.2 Å². The summed E-state index contributed by atoms with van der Waals surface area (Å²) < 4.78 is 43.5. The Kier molecular flexibility index (Phi) is 10.1. The van der Waals surface area contributed by atoms with Crippen molar-refractivity contribution in [3.8, 4) is 0 Å². The van der Waals surface area contributed by atoms with Crippen molar-refractivity contribution in [2.24, 2.45) is 0 Å². The molecule has 3 aromatic carbocycles. The average Bonchev–Trinajstić information content (AvgIpc) is 2.92. The molecule has 40 heavy (non-hydrogen) atoms. The molecule has 0 spiro atoms. The molecule has 0 fully saturated rings. The average molecular weight is 568 g/mol. The first-order valence-electron chi connectivity index (χ1n) is 13.3. The smallest absolute Gasteiger partial charge is 0.264 e. The Hall–Kier alpha value is -3.72. The maximum Gasteiger partial charge on any atom is 0.264 e. The molecule has 214 valence electrons. The number of carbonyl (C=O) groups is 2. The van der Waals surface area contributed by atoms with Crippen LogP contribution in [0.15, 0.2) is 71.6 Å². The van der Waals surface area contributed by atoms with E-state index in [1.807, 2.05) is 34.6 Å². The number of benzene rings is 3. The molecule has 3 aromatic rings. The van der Waals surface area contributed by atoms with E-state index in [9.17, 15) is 22.4 Å². The number of hydrogen-bond acceptors (Lipinski definition) is 4. The monoisotopic (exact) mass is 567 g/mol. The molecule has 0 unspecified atom stereocenters. The number of aryl methyl sites for hydroxylation is 3. The summed E-state index contributed by atoms with van der Waals surface area (Å²) in [5.74, 6) is -1.56. The fourth-order valence-corrected chi connectivity index (χ4v) is 5.51. The summed E-state index contributed by atoms with van der Waals surface area (Å²) in [4.78, 5) is 28.3. The van der Waals surface area contributed by atoms with Crippen molar-refractivity contribution in [1.29, 1.82) is 0 Å². The summed E-state index contributed by atoms with van der Waals surface area (Å²) in [7, 11) is -4.17. The zero-order chi connectivity index (χ0) is 29.6. The first-order chi connectivity index (χ1) is 18.8. The zero-order valence-corrected chi connectivity index (χ0v) is 24.8. The Morgan fingerprint density at radius 2 is 1.57 bits per heavy atom. The van der Waals surface area contributed by atoms with Gasteiger partial charge in [-0.1, -0.05) is 48.9 Å². The topological polar surface area (TPSA) is 86.8 Å². The summed E-state index contributed by atoms with van der Waals surface area (Å²) in [5.41, 5.74) is 3.26. The number of carbonyl (C=O) groups excluding carboxylic acids is 2. The number of halogens is 1. The normalized spacial score (nSPS) is 12.9. The molecule has 0 aliphatic carbocycles. The Morgan fingerprint density at radius 3 is 2.17 bits per heavy atom. The lowest BCUT2D eigenvalue weighted by Gasteiger charge is -2.32. The second-order valence-corrected chi connectivity index (χ2v) is 12.1. The Morgan fingerprint density at radius 1 is 0.925 bits per heavy atom. The van der Waals surface area contributed by atoms with Crippen molar-refractivity contribution in [2.75, 3.05) is 10.8 Å². The van der Waals surface area contributed by atoms with Gasteiger partial charge in [0.15, 0.2) is 0 Å². The van der Waals surface area contributed by atoms with E-state index < -0.39 is 40.2 Å². The van der Waals surface area contributed by atoms with Gasteiger partial charge in [0, 0.05) is 18.2 Å². The Balaban J connectivity index is 2.06. The van der Waals surface area contributed by atoms with E-state index >= 15 is 0 Å². The van der Waals surface area contributed by atoms with Crippen molar-refractivity contribution in [3.05, 3.63) is 94.8 Å². The number of hydrogen-bond donors (Lipinski definition) is 1. The van der Waals surface area contributed by atoms with E-state index in [2.05, 4.69) is 5.32 Å². The third-order valence-corrected chi connectivity index (χ3v) is 8.92. The van der Waals surface area contributed by atoms with E-state index in [1.165, 1.54) is 23.1 Å². The number of sulfonamides is 1. The standard InChI is InChI=1S/C31H38FN3O4S/c1-7-24(5)33-31(37)25(6)34(19-26-10-8-9-11-29(26)32)30(36)20-35(27-15-14-22(3)23(4)18-27)40(38,39)28-16-12-21(2)13-17-28/h8-18,24-25H,7,19-20H2,1-6H3,(H,33,37)/t24-,25+/m1/s1. The van der Waals surface area contributed by atoms with Crippen molar-refractivity contribution < 1.29 is 22.4 Å². The minimum atomic E-state index is -4.17. The highest BCUT2D eigenvalue weighted by Gasteiger charge is 2.33. The van der Waals surface area contributed by atoms with Gasteiger partial charge in [0.1, 0.15) is 18.4 Å². The lowest BCUT2D eigenvalue weighted by atomic mass is 10.1. The van der Waals surface area contributed by atoms with Crippen LogP contribution in [-0.2, 0) is 26.2 Å². The van der Waals surface area contributed by atoms with Gasteiger partial charge in [-0.2, -0.15) is 0 Å². The van der Waals surface area contributed by atoms with Gasteiger partial charge in [-0.15, -0.1) is 0 Å². The second kappa shape index (κ2) is 13.1. The Labute approximate surface area is 237 Å². The molecule has 0 heterocycles. The van der Waals surface area contributed by atoms with Crippen LogP contribution in [0.3, 0.4) is 0 Å². The molecule has 0 aliphatic heterocycles. The number of rotatable bonds is 11. The molecular formula is C31H38FN3O4S. The third-order valence-electron chi connectivity index (χ3n) is 7.13. The van der Waals surface area contributed by atoms with Gasteiger partial charge in [-0.25, -0.2) is 12.8 Å². The first-order valence-corrected chi connectivity index (χ1v) is 14.8. The van der Waals surface area contributed by atoms with Crippen molar-refractivity contribution in [1.82, 2.24) is 10.2 Å². The molecule has 1 N–H and O–H groups in total. The first kappa shape index (κ1) is 30.8. The van der Waals surface area contributed by atoms with Crippen molar-refractivity contribution >= 4 is 27.5 Å². The maximum absolute atomic E-state index is 14.7. The highest BCUT2D eigenvalue weighted by Crippen LogP contribution is 2.27. The summed E-state index contributed by atoms with van der Waals surface area (Å²) >= 11 is 0. The second-order valence-electron chi connectivity index (χ2n) is 10.2. The van der Waals surface area contributed by atoms with Gasteiger partial charge in [-0.3, -0.25) is 13.9 Å². The third kappa shape index (κ3) is 7.27. The molecule has 0 bridgehead atoms. The van der Waals surface area contributed by atoms with E-state index in [0.29, 0.717) is 12.1 Å². The molecule has 0 saturated heterocycles. The predicted molar refractivity (Wildman–Crippen MR) is 156 cm³/mol. The summed E-state index contributed by atoms with van der Waals surface area (Å²) in [6.07, 6.45) is 0.690. The van der Waals surface area contributed by atoms with Crippen LogP contribution in [0.2, 0.25) is 0 Å². The number of nitrogens with one attached hydrogen (secondary N) is 1. The van der Waals surface area contributed by atoms with Crippen LogP contribution >= 0.6 is 0 Å². The van der Waals surface area contributed by atoms with Crippen molar-refractivity contribution in [3.63, 3.8) is 0 Å². The van der Waals surface area contributed by atoms with Crippen LogP contribution in [0.5, 0.6) is 0 Å². The lowest BCUT2D eigenvalue weighted by molar-refractivity contribution is -0.139. The number of amides is 2. The molecule has 0 aromatic heterocycles. The zero-order valence-electron chi connectivity index (χ0n) is 23.9. The van der Waals surface area contributed by atoms with Gasteiger partial charge in [0.25, 0.3) is 10.0 Å². The van der Waals surface area contributed by atoms with E-state index in [-0.39, 0.29) is 23.0 Å². The molecule has 0 radical (unpaired) electrons.